The fourth-order valence-electron chi connectivity index (χ4n) is 2.46. The third-order valence-electron chi connectivity index (χ3n) is 3.72. The van der Waals surface area contributed by atoms with E-state index in [-0.39, 0.29) is 0 Å². The standard InChI is InChI=1S/C15H19N3OS/c19-20-9-5-14(6-10-20)17-11-13-1-3-15(4-2-13)18-8-7-16-12-18/h1-4,7-8,12,14,17H,5-6,9-11H2. The van der Waals surface area contributed by atoms with Crippen LogP contribution in [0.15, 0.2) is 43.0 Å². The highest BCUT2D eigenvalue weighted by Crippen LogP contribution is 2.12. The minimum absolute atomic E-state index is 0.515. The van der Waals surface area contributed by atoms with Crippen LogP contribution in [0.2, 0.25) is 0 Å². The highest BCUT2D eigenvalue weighted by atomic mass is 32.2. The molecule has 0 unspecified atom stereocenters. The molecule has 4 nitrogen and oxygen atoms in total. The van der Waals surface area contributed by atoms with E-state index in [0.717, 1.165) is 36.6 Å². The van der Waals surface area contributed by atoms with Gasteiger partial charge in [0.05, 0.1) is 6.33 Å². The second kappa shape index (κ2) is 6.33. The Kier molecular flexibility index (Phi) is 4.28. The topological polar surface area (TPSA) is 46.9 Å². The number of imidazole rings is 1. The number of aromatic nitrogens is 2. The molecule has 1 aliphatic heterocycles. The molecule has 2 aromatic rings. The smallest absolute Gasteiger partial charge is 0.0991 e. The number of nitrogens with one attached hydrogen (secondary N) is 1. The maximum Gasteiger partial charge on any atom is 0.0991 e. The first-order valence-corrected chi connectivity index (χ1v) is 8.46. The van der Waals surface area contributed by atoms with Gasteiger partial charge in [-0.25, -0.2) is 4.98 Å². The highest BCUT2D eigenvalue weighted by Gasteiger charge is 2.16. The summed E-state index contributed by atoms with van der Waals surface area (Å²) in [5, 5.41) is 3.56. The number of rotatable bonds is 4. The minimum atomic E-state index is -0.578. The van der Waals surface area contributed by atoms with Gasteiger partial charge in [-0.05, 0) is 30.5 Å². The summed E-state index contributed by atoms with van der Waals surface area (Å²) in [7, 11) is -0.578. The molecule has 0 aliphatic carbocycles. The summed E-state index contributed by atoms with van der Waals surface area (Å²) >= 11 is 0. The third-order valence-corrected chi connectivity index (χ3v) is 5.10. The van der Waals surface area contributed by atoms with Gasteiger partial charge in [0.25, 0.3) is 0 Å². The Hall–Kier alpha value is -1.46. The summed E-state index contributed by atoms with van der Waals surface area (Å²) in [5.41, 5.74) is 2.40. The predicted octanol–water partition coefficient (Wildman–Crippen LogP) is 1.87. The molecule has 0 amide bonds. The van der Waals surface area contributed by atoms with Crippen molar-refractivity contribution in [1.29, 1.82) is 0 Å². The van der Waals surface area contributed by atoms with E-state index >= 15 is 0 Å². The van der Waals surface area contributed by atoms with Gasteiger partial charge in [0.2, 0.25) is 0 Å². The fraction of sp³-hybridized carbons (Fsp3) is 0.400. The fourth-order valence-corrected chi connectivity index (χ4v) is 3.76. The van der Waals surface area contributed by atoms with Crippen LogP contribution in [0.25, 0.3) is 5.69 Å². The molecular formula is C15H19N3OS. The normalized spacial score (nSPS) is 22.8. The number of hydrogen-bond donors (Lipinski definition) is 1. The van der Waals surface area contributed by atoms with E-state index in [0.29, 0.717) is 6.04 Å². The third kappa shape index (κ3) is 3.35. The molecule has 0 spiro atoms. The first-order chi connectivity index (χ1) is 9.81. The molecule has 20 heavy (non-hydrogen) atoms. The van der Waals surface area contributed by atoms with Crippen LogP contribution in [0.5, 0.6) is 0 Å². The van der Waals surface area contributed by atoms with Crippen LogP contribution in [0.3, 0.4) is 0 Å². The lowest BCUT2D eigenvalue weighted by atomic mass is 10.1. The highest BCUT2D eigenvalue weighted by molar-refractivity contribution is 7.85. The Morgan fingerprint density at radius 2 is 2.00 bits per heavy atom. The average Bonchev–Trinajstić information content (AvgIpc) is 3.01. The van der Waals surface area contributed by atoms with Crippen molar-refractivity contribution in [3.05, 3.63) is 48.5 Å². The van der Waals surface area contributed by atoms with Gasteiger partial charge in [-0.2, -0.15) is 0 Å². The summed E-state index contributed by atoms with van der Waals surface area (Å²) in [6, 6.07) is 9.01. The van der Waals surface area contributed by atoms with E-state index < -0.39 is 10.8 Å². The first-order valence-electron chi connectivity index (χ1n) is 6.97. The molecule has 1 aliphatic rings. The van der Waals surface area contributed by atoms with Crippen molar-refractivity contribution in [3.63, 3.8) is 0 Å². The Bertz CT molecular complexity index is 555. The molecule has 0 atom stereocenters. The zero-order valence-corrected chi connectivity index (χ0v) is 12.2. The van der Waals surface area contributed by atoms with Crippen LogP contribution in [-0.4, -0.2) is 31.3 Å². The SMILES string of the molecule is O=S1CCC(NCc2ccc(-n3ccnc3)cc2)CC1. The molecule has 1 N–H and O–H groups in total. The van der Waals surface area contributed by atoms with Crippen LogP contribution >= 0.6 is 0 Å². The van der Waals surface area contributed by atoms with Crippen molar-refractivity contribution in [2.75, 3.05) is 11.5 Å². The van der Waals surface area contributed by atoms with Crippen molar-refractivity contribution in [1.82, 2.24) is 14.9 Å². The van der Waals surface area contributed by atoms with Gasteiger partial charge in [-0.15, -0.1) is 0 Å². The molecule has 0 radical (unpaired) electrons. The zero-order chi connectivity index (χ0) is 13.8. The second-order valence-corrected chi connectivity index (χ2v) is 6.84. The quantitative estimate of drug-likeness (QED) is 0.935. The molecule has 0 bridgehead atoms. The molecule has 0 saturated carbocycles. The molecule has 3 rings (SSSR count). The van der Waals surface area contributed by atoms with Gasteiger partial charge in [0, 0.05) is 53.0 Å². The first kappa shape index (κ1) is 13.5. The van der Waals surface area contributed by atoms with Crippen LogP contribution in [0.4, 0.5) is 0 Å². The average molecular weight is 289 g/mol. The summed E-state index contributed by atoms with van der Waals surface area (Å²) in [5.74, 6) is 1.69. The lowest BCUT2D eigenvalue weighted by Crippen LogP contribution is -2.35. The van der Waals surface area contributed by atoms with Crippen molar-refractivity contribution in [2.45, 2.75) is 25.4 Å². The van der Waals surface area contributed by atoms with Gasteiger partial charge in [0.1, 0.15) is 0 Å². The molecule has 1 fully saturated rings. The second-order valence-electron chi connectivity index (χ2n) is 5.14. The van der Waals surface area contributed by atoms with Gasteiger partial charge in [0.15, 0.2) is 0 Å². The Morgan fingerprint density at radius 1 is 1.25 bits per heavy atom. The van der Waals surface area contributed by atoms with Crippen molar-refractivity contribution in [3.8, 4) is 5.69 Å². The van der Waals surface area contributed by atoms with Gasteiger partial charge in [-0.1, -0.05) is 12.1 Å². The molecule has 5 heteroatoms. The van der Waals surface area contributed by atoms with E-state index in [1.54, 1.807) is 12.5 Å². The molecule has 1 saturated heterocycles. The maximum atomic E-state index is 11.3. The molecule has 106 valence electrons. The van der Waals surface area contributed by atoms with Crippen LogP contribution in [0.1, 0.15) is 18.4 Å². The predicted molar refractivity (Wildman–Crippen MR) is 81.3 cm³/mol. The van der Waals surface area contributed by atoms with Gasteiger partial charge in [-0.3, -0.25) is 4.21 Å². The monoisotopic (exact) mass is 289 g/mol. The van der Waals surface area contributed by atoms with E-state index in [1.165, 1.54) is 5.56 Å². The van der Waals surface area contributed by atoms with Crippen molar-refractivity contribution >= 4 is 10.8 Å². The number of benzene rings is 1. The maximum absolute atomic E-state index is 11.3. The Balaban J connectivity index is 1.54. The minimum Gasteiger partial charge on any atom is -0.310 e. The Labute approximate surface area is 121 Å². The number of nitrogens with zero attached hydrogens (tertiary/aromatic N) is 2. The molecular weight excluding hydrogens is 270 g/mol. The summed E-state index contributed by atoms with van der Waals surface area (Å²) in [6.07, 6.45) is 7.58. The van der Waals surface area contributed by atoms with E-state index in [4.69, 9.17) is 0 Å². The summed E-state index contributed by atoms with van der Waals surface area (Å²) in [6.45, 7) is 0.876. The Morgan fingerprint density at radius 3 is 2.65 bits per heavy atom. The summed E-state index contributed by atoms with van der Waals surface area (Å²) in [4.78, 5) is 4.05. The lowest BCUT2D eigenvalue weighted by molar-refractivity contribution is 0.475. The van der Waals surface area contributed by atoms with Crippen molar-refractivity contribution < 1.29 is 4.21 Å². The largest absolute Gasteiger partial charge is 0.310 e. The van der Waals surface area contributed by atoms with E-state index in [9.17, 15) is 4.21 Å². The molecule has 2 heterocycles. The van der Waals surface area contributed by atoms with Crippen molar-refractivity contribution in [2.24, 2.45) is 0 Å². The molecule has 1 aromatic heterocycles. The van der Waals surface area contributed by atoms with E-state index in [2.05, 4.69) is 34.6 Å². The van der Waals surface area contributed by atoms with Crippen LogP contribution in [0, 0.1) is 0 Å². The lowest BCUT2D eigenvalue weighted by Gasteiger charge is -2.22. The van der Waals surface area contributed by atoms with Crippen LogP contribution in [-0.2, 0) is 17.3 Å². The van der Waals surface area contributed by atoms with Gasteiger partial charge >= 0.3 is 0 Å². The number of hydrogen-bond acceptors (Lipinski definition) is 3. The molecule has 1 aromatic carbocycles. The zero-order valence-electron chi connectivity index (χ0n) is 11.4. The van der Waals surface area contributed by atoms with Gasteiger partial charge < -0.3 is 9.88 Å². The van der Waals surface area contributed by atoms with Crippen LogP contribution < -0.4 is 5.32 Å². The summed E-state index contributed by atoms with van der Waals surface area (Å²) < 4.78 is 13.3. The van der Waals surface area contributed by atoms with E-state index in [1.807, 2.05) is 10.8 Å².